The Kier molecular flexibility index (Phi) is 9.61. The Hall–Kier alpha value is -1.64. The van der Waals surface area contributed by atoms with Gasteiger partial charge < -0.3 is 20.3 Å². The van der Waals surface area contributed by atoms with Crippen molar-refractivity contribution in [1.82, 2.24) is 20.4 Å². The van der Waals surface area contributed by atoms with Crippen LogP contribution in [-0.2, 0) is 9.53 Å². The third kappa shape index (κ3) is 7.77. The summed E-state index contributed by atoms with van der Waals surface area (Å²) in [5, 5.41) is 7.08. The number of rotatable bonds is 8. The van der Waals surface area contributed by atoms with Crippen LogP contribution in [0.2, 0.25) is 0 Å². The molecular formula is C23H39N5O2S. The van der Waals surface area contributed by atoms with Crippen molar-refractivity contribution in [3.63, 3.8) is 0 Å². The summed E-state index contributed by atoms with van der Waals surface area (Å²) in [5.41, 5.74) is 0. The van der Waals surface area contributed by atoms with Crippen LogP contribution in [0.4, 0.5) is 0 Å². The van der Waals surface area contributed by atoms with E-state index in [1.807, 2.05) is 11.3 Å². The predicted octanol–water partition coefficient (Wildman–Crippen LogP) is 2.63. The maximum Gasteiger partial charge on any atom is 0.243 e. The molecule has 2 heterocycles. The van der Waals surface area contributed by atoms with E-state index in [9.17, 15) is 4.79 Å². The van der Waals surface area contributed by atoms with Gasteiger partial charge in [-0.25, -0.2) is 4.99 Å². The van der Waals surface area contributed by atoms with E-state index >= 15 is 0 Å². The number of thiophene rings is 1. The quantitative estimate of drug-likeness (QED) is 0.472. The lowest BCUT2D eigenvalue weighted by Crippen LogP contribution is -2.47. The van der Waals surface area contributed by atoms with E-state index < -0.39 is 0 Å². The van der Waals surface area contributed by atoms with Crippen LogP contribution >= 0.6 is 11.3 Å². The second kappa shape index (κ2) is 12.4. The molecule has 174 valence electrons. The molecule has 1 aromatic heterocycles. The molecule has 2 fully saturated rings. The van der Waals surface area contributed by atoms with Crippen molar-refractivity contribution in [3.8, 4) is 0 Å². The minimum absolute atomic E-state index is 0.0115. The van der Waals surface area contributed by atoms with Gasteiger partial charge in [-0.2, -0.15) is 0 Å². The number of nitrogens with one attached hydrogen (secondary N) is 2. The smallest absolute Gasteiger partial charge is 0.243 e. The van der Waals surface area contributed by atoms with E-state index in [-0.39, 0.29) is 18.5 Å². The molecule has 0 radical (unpaired) electrons. The van der Waals surface area contributed by atoms with Crippen molar-refractivity contribution in [1.29, 1.82) is 0 Å². The highest BCUT2D eigenvalue weighted by Crippen LogP contribution is 2.28. The monoisotopic (exact) mass is 449 g/mol. The van der Waals surface area contributed by atoms with E-state index in [0.717, 1.165) is 45.4 Å². The van der Waals surface area contributed by atoms with Crippen molar-refractivity contribution in [2.75, 3.05) is 60.0 Å². The van der Waals surface area contributed by atoms with Gasteiger partial charge in [-0.3, -0.25) is 9.69 Å². The molecule has 31 heavy (non-hydrogen) atoms. The van der Waals surface area contributed by atoms with Crippen molar-refractivity contribution in [3.05, 3.63) is 21.9 Å². The van der Waals surface area contributed by atoms with Crippen molar-refractivity contribution >= 4 is 23.2 Å². The molecule has 1 aliphatic carbocycles. The van der Waals surface area contributed by atoms with E-state index in [1.54, 1.807) is 19.0 Å². The van der Waals surface area contributed by atoms with Gasteiger partial charge in [0.05, 0.1) is 19.3 Å². The van der Waals surface area contributed by atoms with Gasteiger partial charge in [-0.05, 0) is 37.8 Å². The second-order valence-corrected chi connectivity index (χ2v) is 10.2. The number of hydrogen-bond acceptors (Lipinski definition) is 5. The van der Waals surface area contributed by atoms with Crippen LogP contribution in [-0.4, -0.2) is 81.7 Å². The van der Waals surface area contributed by atoms with Gasteiger partial charge in [0.2, 0.25) is 5.91 Å². The maximum atomic E-state index is 12.1. The standard InChI is InChI=1S/C23H39N5O2S/c1-18-9-10-21(31-18)20(28-11-13-30-14-12-28)16-25-23(26-17-22(29)27(2)3)24-15-19-7-5-4-6-8-19/h9-10,19-20H,4-8,11-17H2,1-3H3,(H2,24,25,26). The molecule has 1 saturated carbocycles. The Morgan fingerprint density at radius 1 is 1.23 bits per heavy atom. The highest BCUT2D eigenvalue weighted by molar-refractivity contribution is 7.12. The average molecular weight is 450 g/mol. The number of carbonyl (C=O) groups excluding carboxylic acids is 1. The molecule has 2 N–H and O–H groups in total. The molecule has 0 spiro atoms. The lowest BCUT2D eigenvalue weighted by molar-refractivity contribution is -0.127. The van der Waals surface area contributed by atoms with Crippen LogP contribution in [0.1, 0.15) is 47.9 Å². The predicted molar refractivity (Wildman–Crippen MR) is 128 cm³/mol. The molecule has 1 amide bonds. The number of morpholine rings is 1. The SMILES string of the molecule is Cc1ccc(C(CNC(=NCC(=O)N(C)C)NCC2CCCCC2)N2CCOCC2)s1. The first kappa shape index (κ1) is 24.0. The number of aliphatic imine (C=N–C) groups is 1. The van der Waals surface area contributed by atoms with Crippen LogP contribution in [0, 0.1) is 12.8 Å². The molecule has 1 aliphatic heterocycles. The fourth-order valence-corrected chi connectivity index (χ4v) is 5.23. The zero-order chi connectivity index (χ0) is 22.1. The van der Waals surface area contributed by atoms with Crippen molar-refractivity contribution in [2.24, 2.45) is 10.9 Å². The van der Waals surface area contributed by atoms with Gasteiger partial charge in [0.25, 0.3) is 0 Å². The summed E-state index contributed by atoms with van der Waals surface area (Å²) in [5.74, 6) is 1.45. The van der Waals surface area contributed by atoms with Gasteiger partial charge in [-0.15, -0.1) is 11.3 Å². The number of guanidine groups is 1. The van der Waals surface area contributed by atoms with Crippen LogP contribution in [0.15, 0.2) is 17.1 Å². The lowest BCUT2D eigenvalue weighted by Gasteiger charge is -2.34. The maximum absolute atomic E-state index is 12.1. The summed E-state index contributed by atoms with van der Waals surface area (Å²) in [4.78, 5) is 23.5. The molecule has 0 bridgehead atoms. The Bertz CT molecular complexity index is 709. The van der Waals surface area contributed by atoms with Crippen molar-refractivity contribution < 1.29 is 9.53 Å². The third-order valence-corrected chi connectivity index (χ3v) is 7.29. The largest absolute Gasteiger partial charge is 0.379 e. The number of nitrogens with zero attached hydrogens (tertiary/aromatic N) is 3. The molecule has 7 nitrogen and oxygen atoms in total. The minimum Gasteiger partial charge on any atom is -0.379 e. The lowest BCUT2D eigenvalue weighted by atomic mass is 9.89. The number of likely N-dealkylation sites (N-methyl/N-ethyl adjacent to an activating group) is 1. The zero-order valence-electron chi connectivity index (χ0n) is 19.4. The summed E-state index contributed by atoms with van der Waals surface area (Å²) in [6.07, 6.45) is 6.56. The first-order chi connectivity index (χ1) is 15.0. The van der Waals surface area contributed by atoms with Crippen LogP contribution in [0.3, 0.4) is 0 Å². The fourth-order valence-electron chi connectivity index (χ4n) is 4.22. The minimum atomic E-state index is 0.0115. The van der Waals surface area contributed by atoms with E-state index in [0.29, 0.717) is 5.92 Å². The number of hydrogen-bond donors (Lipinski definition) is 2. The average Bonchev–Trinajstić information content (AvgIpc) is 3.22. The summed E-state index contributed by atoms with van der Waals surface area (Å²) in [6, 6.07) is 4.71. The molecule has 1 atom stereocenters. The highest BCUT2D eigenvalue weighted by Gasteiger charge is 2.24. The topological polar surface area (TPSA) is 69.2 Å². The number of amides is 1. The van der Waals surface area contributed by atoms with Gasteiger partial charge in [0.15, 0.2) is 5.96 Å². The summed E-state index contributed by atoms with van der Waals surface area (Å²) in [7, 11) is 3.54. The zero-order valence-corrected chi connectivity index (χ0v) is 20.2. The summed E-state index contributed by atoms with van der Waals surface area (Å²) in [6.45, 7) is 7.42. The van der Waals surface area contributed by atoms with Crippen molar-refractivity contribution in [2.45, 2.75) is 45.1 Å². The van der Waals surface area contributed by atoms with Gasteiger partial charge in [0, 0.05) is 50.0 Å². The van der Waals surface area contributed by atoms with E-state index in [1.165, 1.54) is 41.9 Å². The van der Waals surface area contributed by atoms with Crippen LogP contribution in [0.5, 0.6) is 0 Å². The van der Waals surface area contributed by atoms with Crippen LogP contribution in [0.25, 0.3) is 0 Å². The first-order valence-corrected chi connectivity index (χ1v) is 12.4. The second-order valence-electron chi connectivity index (χ2n) is 8.83. The van der Waals surface area contributed by atoms with Gasteiger partial charge in [-0.1, -0.05) is 19.3 Å². The van der Waals surface area contributed by atoms with Crippen LogP contribution < -0.4 is 10.6 Å². The Balaban J connectivity index is 1.65. The molecule has 1 aromatic rings. The first-order valence-electron chi connectivity index (χ1n) is 11.6. The molecular weight excluding hydrogens is 410 g/mol. The van der Waals surface area contributed by atoms with E-state index in [4.69, 9.17) is 4.74 Å². The van der Waals surface area contributed by atoms with Gasteiger partial charge in [0.1, 0.15) is 6.54 Å². The third-order valence-electron chi connectivity index (χ3n) is 6.19. The Morgan fingerprint density at radius 2 is 1.97 bits per heavy atom. The molecule has 2 aliphatic rings. The molecule has 8 heteroatoms. The van der Waals surface area contributed by atoms with Gasteiger partial charge >= 0.3 is 0 Å². The molecule has 1 unspecified atom stereocenters. The number of ether oxygens (including phenoxy) is 1. The number of aryl methyl sites for hydroxylation is 1. The molecule has 1 saturated heterocycles. The fraction of sp³-hybridized carbons (Fsp3) is 0.739. The molecule has 3 rings (SSSR count). The normalized spacial score (nSPS) is 19.8. The Morgan fingerprint density at radius 3 is 2.61 bits per heavy atom. The summed E-state index contributed by atoms with van der Waals surface area (Å²) < 4.78 is 5.57. The molecule has 0 aromatic carbocycles. The highest BCUT2D eigenvalue weighted by atomic mass is 32.1. The van der Waals surface area contributed by atoms with E-state index in [2.05, 4.69) is 39.6 Å². The Labute approximate surface area is 191 Å². The number of carbonyl (C=O) groups is 1. The summed E-state index contributed by atoms with van der Waals surface area (Å²) >= 11 is 1.86.